The van der Waals surface area contributed by atoms with Gasteiger partial charge in [0.05, 0.1) is 6.61 Å². The maximum Gasteiger partial charge on any atom is 0.327 e. The van der Waals surface area contributed by atoms with Crippen LogP contribution >= 0.6 is 23.1 Å². The SMILES string of the molecule is Cc1cc(SC2C(=O)CC(CCc3cscc3C)(C(C)C)OC2=O)c(C(C)(C)C)cc1CO. The summed E-state index contributed by atoms with van der Waals surface area (Å²) in [6, 6.07) is 3.99. The molecule has 1 aliphatic rings. The zero-order chi connectivity index (χ0) is 24.6. The normalized spacial score (nSPS) is 21.5. The molecule has 3 rings (SSSR count). The lowest BCUT2D eigenvalue weighted by molar-refractivity contribution is -0.176. The first-order valence-corrected chi connectivity index (χ1v) is 13.4. The number of benzene rings is 1. The summed E-state index contributed by atoms with van der Waals surface area (Å²) >= 11 is 2.97. The Morgan fingerprint density at radius 2 is 1.85 bits per heavy atom. The van der Waals surface area contributed by atoms with Gasteiger partial charge in [0.1, 0.15) is 5.60 Å². The van der Waals surface area contributed by atoms with E-state index in [1.807, 2.05) is 32.9 Å². The molecule has 4 nitrogen and oxygen atoms in total. The van der Waals surface area contributed by atoms with Gasteiger partial charge in [-0.05, 0) is 82.7 Å². The number of aliphatic hydroxyl groups is 1. The van der Waals surface area contributed by atoms with E-state index in [2.05, 4.69) is 38.5 Å². The molecule has 0 amide bonds. The molecule has 1 fully saturated rings. The van der Waals surface area contributed by atoms with E-state index >= 15 is 0 Å². The molecule has 0 spiro atoms. The van der Waals surface area contributed by atoms with Crippen LogP contribution in [0.4, 0.5) is 0 Å². The Hall–Kier alpha value is -1.63. The number of esters is 1. The molecule has 2 aromatic rings. The van der Waals surface area contributed by atoms with Gasteiger partial charge in [0.2, 0.25) is 0 Å². The second-order valence-electron chi connectivity index (χ2n) is 10.5. The van der Waals surface area contributed by atoms with E-state index in [9.17, 15) is 14.7 Å². The van der Waals surface area contributed by atoms with Crippen LogP contribution in [0.15, 0.2) is 27.8 Å². The third-order valence-corrected chi connectivity index (χ3v) is 8.97. The topological polar surface area (TPSA) is 63.6 Å². The number of rotatable bonds is 7. The van der Waals surface area contributed by atoms with Crippen molar-refractivity contribution in [2.24, 2.45) is 5.92 Å². The first kappa shape index (κ1) is 26.0. The van der Waals surface area contributed by atoms with Gasteiger partial charge in [-0.1, -0.05) is 40.7 Å². The fraction of sp³-hybridized carbons (Fsp3) is 0.556. The van der Waals surface area contributed by atoms with E-state index in [0.717, 1.165) is 28.0 Å². The first-order valence-electron chi connectivity index (χ1n) is 11.6. The van der Waals surface area contributed by atoms with Crippen molar-refractivity contribution >= 4 is 34.9 Å². The number of ketones is 1. The Balaban J connectivity index is 1.85. The van der Waals surface area contributed by atoms with Crippen molar-refractivity contribution in [3.63, 3.8) is 0 Å². The minimum Gasteiger partial charge on any atom is -0.457 e. The number of cyclic esters (lactones) is 1. The highest BCUT2D eigenvalue weighted by molar-refractivity contribution is 8.01. The van der Waals surface area contributed by atoms with Crippen molar-refractivity contribution in [3.05, 3.63) is 50.7 Å². The van der Waals surface area contributed by atoms with Crippen LogP contribution in [0, 0.1) is 19.8 Å². The number of aryl methyl sites for hydroxylation is 3. The van der Waals surface area contributed by atoms with Gasteiger partial charge in [0, 0.05) is 11.3 Å². The number of thiophene rings is 1. The van der Waals surface area contributed by atoms with Crippen molar-refractivity contribution in [3.8, 4) is 0 Å². The molecule has 1 aromatic carbocycles. The van der Waals surface area contributed by atoms with Crippen molar-refractivity contribution < 1.29 is 19.4 Å². The maximum absolute atomic E-state index is 13.4. The molecule has 1 saturated heterocycles. The molecule has 2 heterocycles. The third-order valence-electron chi connectivity index (χ3n) is 6.78. The van der Waals surface area contributed by atoms with Crippen LogP contribution in [0.3, 0.4) is 0 Å². The molecule has 0 saturated carbocycles. The van der Waals surface area contributed by atoms with Crippen molar-refractivity contribution in [1.29, 1.82) is 0 Å². The highest BCUT2D eigenvalue weighted by atomic mass is 32.2. The number of thioether (sulfide) groups is 1. The number of aliphatic hydroxyl groups excluding tert-OH is 1. The Bertz CT molecular complexity index is 1010. The van der Waals surface area contributed by atoms with E-state index in [1.54, 1.807) is 11.3 Å². The van der Waals surface area contributed by atoms with E-state index in [-0.39, 0.29) is 30.1 Å². The first-order chi connectivity index (χ1) is 15.4. The third kappa shape index (κ3) is 5.55. The smallest absolute Gasteiger partial charge is 0.327 e. The van der Waals surface area contributed by atoms with E-state index < -0.39 is 16.8 Å². The average Bonchev–Trinajstić information content (AvgIpc) is 3.13. The predicted octanol–water partition coefficient (Wildman–Crippen LogP) is 6.16. The van der Waals surface area contributed by atoms with Crippen LogP contribution in [-0.4, -0.2) is 27.7 Å². The van der Waals surface area contributed by atoms with Gasteiger partial charge < -0.3 is 9.84 Å². The molecule has 0 radical (unpaired) electrons. The van der Waals surface area contributed by atoms with Crippen LogP contribution < -0.4 is 0 Å². The Labute approximate surface area is 206 Å². The van der Waals surface area contributed by atoms with Crippen LogP contribution in [0.2, 0.25) is 0 Å². The average molecular weight is 489 g/mol. The van der Waals surface area contributed by atoms with Crippen molar-refractivity contribution in [2.75, 3.05) is 0 Å². The van der Waals surface area contributed by atoms with E-state index in [4.69, 9.17) is 4.74 Å². The monoisotopic (exact) mass is 488 g/mol. The van der Waals surface area contributed by atoms with Crippen molar-refractivity contribution in [2.45, 2.75) is 95.5 Å². The summed E-state index contributed by atoms with van der Waals surface area (Å²) < 4.78 is 6.11. The zero-order valence-corrected chi connectivity index (χ0v) is 22.4. The number of carbonyl (C=O) groups is 2. The minimum absolute atomic E-state index is 0.0369. The number of hydrogen-bond acceptors (Lipinski definition) is 6. The van der Waals surface area contributed by atoms with Crippen LogP contribution in [0.25, 0.3) is 0 Å². The van der Waals surface area contributed by atoms with Gasteiger partial charge in [-0.15, -0.1) is 11.8 Å². The second-order valence-corrected chi connectivity index (χ2v) is 12.4. The maximum atomic E-state index is 13.4. The highest BCUT2D eigenvalue weighted by Crippen LogP contribution is 2.43. The summed E-state index contributed by atoms with van der Waals surface area (Å²) in [7, 11) is 0. The summed E-state index contributed by atoms with van der Waals surface area (Å²) in [6.45, 7) is 14.4. The van der Waals surface area contributed by atoms with Gasteiger partial charge in [0.25, 0.3) is 0 Å². The lowest BCUT2D eigenvalue weighted by Gasteiger charge is -2.41. The van der Waals surface area contributed by atoms with Gasteiger partial charge in [0.15, 0.2) is 11.0 Å². The number of carbonyl (C=O) groups excluding carboxylic acids is 2. The molecule has 0 aliphatic carbocycles. The molecule has 33 heavy (non-hydrogen) atoms. The Morgan fingerprint density at radius 1 is 1.15 bits per heavy atom. The highest BCUT2D eigenvalue weighted by Gasteiger charge is 2.49. The van der Waals surface area contributed by atoms with Gasteiger partial charge in [-0.25, -0.2) is 0 Å². The Kier molecular flexibility index (Phi) is 7.82. The Morgan fingerprint density at radius 3 is 2.36 bits per heavy atom. The number of hydrogen-bond donors (Lipinski definition) is 1. The van der Waals surface area contributed by atoms with E-state index in [1.165, 1.54) is 22.9 Å². The molecular weight excluding hydrogens is 452 g/mol. The standard InChI is InChI=1S/C27H36O4S2/c1-16(2)27(9-8-19-15-32-14-18(19)4)12-22(29)24(25(30)31-27)33-23-10-17(3)20(13-28)11-21(23)26(5,6)7/h10-11,14-16,24,28H,8-9,12-13H2,1-7H3. The summed E-state index contributed by atoms with van der Waals surface area (Å²) in [5.41, 5.74) is 4.39. The molecule has 2 atom stereocenters. The van der Waals surface area contributed by atoms with E-state index in [0.29, 0.717) is 6.42 Å². The molecular formula is C27H36O4S2. The van der Waals surface area contributed by atoms with Gasteiger partial charge in [-0.3, -0.25) is 9.59 Å². The van der Waals surface area contributed by atoms with Crippen molar-refractivity contribution in [1.82, 2.24) is 0 Å². The summed E-state index contributed by atoms with van der Waals surface area (Å²) in [5, 5.41) is 13.1. The van der Waals surface area contributed by atoms with Gasteiger partial charge >= 0.3 is 5.97 Å². The summed E-state index contributed by atoms with van der Waals surface area (Å²) in [6.07, 6.45) is 1.69. The molecule has 1 aliphatic heterocycles. The number of ether oxygens (including phenoxy) is 1. The lowest BCUT2D eigenvalue weighted by Crippen LogP contribution is -2.52. The van der Waals surface area contributed by atoms with Gasteiger partial charge in [-0.2, -0.15) is 11.3 Å². The fourth-order valence-corrected chi connectivity index (χ4v) is 6.61. The van der Waals surface area contributed by atoms with Crippen LogP contribution in [0.1, 0.15) is 75.3 Å². The largest absolute Gasteiger partial charge is 0.457 e. The molecule has 1 aromatic heterocycles. The second kappa shape index (κ2) is 9.93. The molecule has 2 unspecified atom stereocenters. The number of Topliss-reactive ketones (excluding diaryl/α,β-unsaturated/α-hetero) is 1. The quantitative estimate of drug-likeness (QED) is 0.374. The predicted molar refractivity (Wildman–Crippen MR) is 136 cm³/mol. The minimum atomic E-state index is -0.861. The fourth-order valence-electron chi connectivity index (χ4n) is 4.37. The molecule has 6 heteroatoms. The summed E-state index contributed by atoms with van der Waals surface area (Å²) in [4.78, 5) is 27.5. The lowest BCUT2D eigenvalue weighted by atomic mass is 9.78. The zero-order valence-electron chi connectivity index (χ0n) is 20.8. The molecule has 180 valence electrons. The summed E-state index contributed by atoms with van der Waals surface area (Å²) in [5.74, 6) is -0.446. The molecule has 0 bridgehead atoms. The molecule has 1 N–H and O–H groups in total. The van der Waals surface area contributed by atoms with Crippen LogP contribution in [0.5, 0.6) is 0 Å². The van der Waals surface area contributed by atoms with Crippen LogP contribution in [-0.2, 0) is 32.8 Å².